The number of benzene rings is 1. The molecule has 0 aliphatic carbocycles. The summed E-state index contributed by atoms with van der Waals surface area (Å²) in [7, 11) is 1.63. The molecule has 166 valence electrons. The summed E-state index contributed by atoms with van der Waals surface area (Å²) in [6, 6.07) is 13.2. The zero-order chi connectivity index (χ0) is 22.5. The van der Waals surface area contributed by atoms with E-state index in [2.05, 4.69) is 15.4 Å². The topological polar surface area (TPSA) is 89.3 Å². The molecule has 32 heavy (non-hydrogen) atoms. The molecule has 1 fully saturated rings. The van der Waals surface area contributed by atoms with Crippen molar-refractivity contribution in [1.82, 2.24) is 25.0 Å². The number of carbonyl (C=O) groups is 2. The Kier molecular flexibility index (Phi) is 6.49. The van der Waals surface area contributed by atoms with Gasteiger partial charge >= 0.3 is 0 Å². The van der Waals surface area contributed by atoms with Gasteiger partial charge < -0.3 is 15.0 Å². The van der Waals surface area contributed by atoms with Crippen LogP contribution in [0.3, 0.4) is 0 Å². The molecule has 0 radical (unpaired) electrons. The van der Waals surface area contributed by atoms with Crippen LogP contribution in [0.15, 0.2) is 54.9 Å². The van der Waals surface area contributed by atoms with Gasteiger partial charge in [0.1, 0.15) is 5.75 Å². The van der Waals surface area contributed by atoms with Crippen molar-refractivity contribution >= 4 is 11.8 Å². The van der Waals surface area contributed by atoms with Crippen molar-refractivity contribution in [2.75, 3.05) is 13.7 Å². The number of nitrogens with one attached hydrogen (secondary N) is 1. The second-order valence-electron chi connectivity index (χ2n) is 7.91. The van der Waals surface area contributed by atoms with Crippen LogP contribution in [0, 0.1) is 6.92 Å². The highest BCUT2D eigenvalue weighted by Gasteiger charge is 2.25. The van der Waals surface area contributed by atoms with Gasteiger partial charge in [0, 0.05) is 31.7 Å². The highest BCUT2D eigenvalue weighted by Crippen LogP contribution is 2.19. The number of hydrogen-bond donors (Lipinski definition) is 1. The van der Waals surface area contributed by atoms with Gasteiger partial charge in [-0.3, -0.25) is 9.59 Å². The maximum absolute atomic E-state index is 12.9. The minimum atomic E-state index is -0.177. The zero-order valence-electron chi connectivity index (χ0n) is 18.3. The summed E-state index contributed by atoms with van der Waals surface area (Å²) in [5.74, 6) is 1.36. The van der Waals surface area contributed by atoms with Crippen LogP contribution in [0.2, 0.25) is 0 Å². The van der Waals surface area contributed by atoms with Gasteiger partial charge in [-0.15, -0.1) is 0 Å². The van der Waals surface area contributed by atoms with E-state index in [9.17, 15) is 9.59 Å². The van der Waals surface area contributed by atoms with E-state index in [1.807, 2.05) is 54.3 Å². The summed E-state index contributed by atoms with van der Waals surface area (Å²) < 4.78 is 6.93. The third kappa shape index (κ3) is 4.80. The smallest absolute Gasteiger partial charge is 0.254 e. The molecular formula is C24H27N5O3. The maximum Gasteiger partial charge on any atom is 0.254 e. The van der Waals surface area contributed by atoms with Gasteiger partial charge in [-0.25, -0.2) is 9.67 Å². The van der Waals surface area contributed by atoms with Gasteiger partial charge in [0.2, 0.25) is 5.91 Å². The number of carbonyl (C=O) groups excluding carboxylic acids is 2. The number of likely N-dealkylation sites (tertiary alicyclic amines) is 1. The van der Waals surface area contributed by atoms with Crippen LogP contribution in [0.4, 0.5) is 0 Å². The Hall–Kier alpha value is -3.68. The third-order valence-electron chi connectivity index (χ3n) is 5.77. The van der Waals surface area contributed by atoms with Gasteiger partial charge in [-0.05, 0) is 49.6 Å². The fourth-order valence-electron chi connectivity index (χ4n) is 3.94. The summed E-state index contributed by atoms with van der Waals surface area (Å²) in [6.07, 6.45) is 4.98. The average Bonchev–Trinajstić information content (AvgIpc) is 3.13. The Morgan fingerprint density at radius 2 is 2.09 bits per heavy atom. The molecule has 8 heteroatoms. The fraction of sp³-hybridized carbons (Fsp3) is 0.333. The molecule has 0 bridgehead atoms. The van der Waals surface area contributed by atoms with Crippen molar-refractivity contribution in [2.45, 2.75) is 38.8 Å². The summed E-state index contributed by atoms with van der Waals surface area (Å²) >= 11 is 0. The van der Waals surface area contributed by atoms with E-state index in [0.717, 1.165) is 17.0 Å². The fourth-order valence-corrected chi connectivity index (χ4v) is 3.94. The number of hydrogen-bond acceptors (Lipinski definition) is 5. The minimum Gasteiger partial charge on any atom is -0.497 e. The predicted molar refractivity (Wildman–Crippen MR) is 120 cm³/mol. The highest BCUT2D eigenvalue weighted by atomic mass is 16.5. The molecule has 1 atom stereocenters. The van der Waals surface area contributed by atoms with Crippen LogP contribution in [-0.2, 0) is 11.3 Å². The van der Waals surface area contributed by atoms with Crippen molar-refractivity contribution in [3.63, 3.8) is 0 Å². The lowest BCUT2D eigenvalue weighted by Gasteiger charge is -2.21. The van der Waals surface area contributed by atoms with Gasteiger partial charge in [-0.2, -0.15) is 5.10 Å². The Morgan fingerprint density at radius 3 is 2.88 bits per heavy atom. The van der Waals surface area contributed by atoms with E-state index in [0.29, 0.717) is 43.7 Å². The Bertz CT molecular complexity index is 1100. The first kappa shape index (κ1) is 21.5. The van der Waals surface area contributed by atoms with E-state index in [1.165, 1.54) is 0 Å². The van der Waals surface area contributed by atoms with Crippen LogP contribution >= 0.6 is 0 Å². The van der Waals surface area contributed by atoms with Crippen molar-refractivity contribution in [2.24, 2.45) is 0 Å². The van der Waals surface area contributed by atoms with Crippen molar-refractivity contribution in [3.05, 3.63) is 71.7 Å². The number of methoxy groups -OCH3 is 1. The van der Waals surface area contributed by atoms with E-state index < -0.39 is 0 Å². The Morgan fingerprint density at radius 1 is 1.22 bits per heavy atom. The largest absolute Gasteiger partial charge is 0.497 e. The summed E-state index contributed by atoms with van der Waals surface area (Å²) in [6.45, 7) is 2.98. The molecule has 1 aromatic carbocycles. The van der Waals surface area contributed by atoms with E-state index >= 15 is 0 Å². The summed E-state index contributed by atoms with van der Waals surface area (Å²) in [5.41, 5.74) is 2.27. The normalized spacial score (nSPS) is 16.5. The molecule has 2 amide bonds. The quantitative estimate of drug-likeness (QED) is 0.646. The molecule has 1 aliphatic heterocycles. The predicted octanol–water partition coefficient (Wildman–Crippen LogP) is 2.90. The lowest BCUT2D eigenvalue weighted by Crippen LogP contribution is -2.36. The standard InChI is InChI=1S/C24H27N5O3/c1-17-21(15-26-29(17)22-8-3-4-12-25-22)24(31)27-19-9-10-23(30)28(13-11-19)16-18-6-5-7-20(14-18)32-2/h3-8,12,14-15,19H,9-11,13,16H2,1-2H3,(H,27,31). The second-order valence-corrected chi connectivity index (χ2v) is 7.91. The monoisotopic (exact) mass is 433 g/mol. The molecule has 1 unspecified atom stereocenters. The Labute approximate surface area is 187 Å². The van der Waals surface area contributed by atoms with Crippen LogP contribution in [0.1, 0.15) is 40.9 Å². The van der Waals surface area contributed by atoms with Gasteiger partial charge in [-0.1, -0.05) is 18.2 Å². The molecule has 0 saturated carbocycles. The highest BCUT2D eigenvalue weighted by molar-refractivity contribution is 5.95. The third-order valence-corrected chi connectivity index (χ3v) is 5.77. The van der Waals surface area contributed by atoms with Crippen molar-refractivity contribution < 1.29 is 14.3 Å². The second kappa shape index (κ2) is 9.64. The number of pyridine rings is 1. The first-order valence-corrected chi connectivity index (χ1v) is 10.7. The van der Waals surface area contributed by atoms with E-state index in [4.69, 9.17) is 4.74 Å². The number of nitrogens with zero attached hydrogens (tertiary/aromatic N) is 4. The lowest BCUT2D eigenvalue weighted by atomic mass is 10.1. The SMILES string of the molecule is COc1cccc(CN2CCC(NC(=O)c3cnn(-c4ccccn4)c3C)CCC2=O)c1. The molecule has 1 saturated heterocycles. The molecule has 2 aromatic heterocycles. The number of aromatic nitrogens is 3. The molecular weight excluding hydrogens is 406 g/mol. The summed E-state index contributed by atoms with van der Waals surface area (Å²) in [5, 5.41) is 7.42. The molecule has 1 aliphatic rings. The molecule has 8 nitrogen and oxygen atoms in total. The van der Waals surface area contributed by atoms with Crippen LogP contribution in [0.5, 0.6) is 5.75 Å². The van der Waals surface area contributed by atoms with E-state index in [1.54, 1.807) is 24.2 Å². The van der Waals surface area contributed by atoms with Crippen molar-refractivity contribution in [1.29, 1.82) is 0 Å². The molecule has 0 spiro atoms. The Balaban J connectivity index is 1.39. The van der Waals surface area contributed by atoms with Gasteiger partial charge in [0.15, 0.2) is 5.82 Å². The average molecular weight is 434 g/mol. The molecule has 3 heterocycles. The number of rotatable bonds is 6. The van der Waals surface area contributed by atoms with E-state index in [-0.39, 0.29) is 17.9 Å². The zero-order valence-corrected chi connectivity index (χ0v) is 18.3. The molecule has 4 rings (SSSR count). The molecule has 1 N–H and O–H groups in total. The maximum atomic E-state index is 12.9. The lowest BCUT2D eigenvalue weighted by molar-refractivity contribution is -0.131. The first-order chi connectivity index (χ1) is 15.5. The number of amides is 2. The van der Waals surface area contributed by atoms with Gasteiger partial charge in [0.25, 0.3) is 5.91 Å². The minimum absolute atomic E-state index is 0.0700. The number of ether oxygens (including phenoxy) is 1. The first-order valence-electron chi connectivity index (χ1n) is 10.7. The summed E-state index contributed by atoms with van der Waals surface area (Å²) in [4.78, 5) is 31.7. The van der Waals surface area contributed by atoms with Crippen LogP contribution in [0.25, 0.3) is 5.82 Å². The van der Waals surface area contributed by atoms with Crippen molar-refractivity contribution in [3.8, 4) is 11.6 Å². The van der Waals surface area contributed by atoms with Crippen LogP contribution < -0.4 is 10.1 Å². The van der Waals surface area contributed by atoms with Crippen LogP contribution in [-0.4, -0.2) is 51.2 Å². The van der Waals surface area contributed by atoms with Gasteiger partial charge in [0.05, 0.1) is 24.6 Å². The molecule has 3 aromatic rings.